The lowest BCUT2D eigenvalue weighted by Crippen LogP contribution is -2.60. The maximum absolute atomic E-state index is 10.5. The minimum Gasteiger partial charge on any atom is -0.389 e. The largest absolute Gasteiger partial charge is 0.389 e. The number of aliphatic hydroxyl groups is 1. The fraction of sp³-hybridized carbons (Fsp3) is 1.00. The number of hydrogen-bond donors (Lipinski definition) is 3. The van der Waals surface area contributed by atoms with Crippen LogP contribution in [0.15, 0.2) is 0 Å². The summed E-state index contributed by atoms with van der Waals surface area (Å²) in [6.07, 6.45) is 0.804. The second-order valence-electron chi connectivity index (χ2n) is 4.87. The quantitative estimate of drug-likeness (QED) is 0.582. The molecule has 1 fully saturated rings. The van der Waals surface area contributed by atoms with Crippen LogP contribution in [0.1, 0.15) is 27.2 Å². The molecule has 2 atom stereocenters. The highest BCUT2D eigenvalue weighted by molar-refractivity contribution is 5.01. The summed E-state index contributed by atoms with van der Waals surface area (Å²) in [7, 11) is 0. The normalized spacial score (nSPS) is 35.8. The minimum atomic E-state index is -0.604. The van der Waals surface area contributed by atoms with Crippen LogP contribution in [0, 0.1) is 11.3 Å². The molecule has 0 spiro atoms. The molecule has 0 radical (unpaired) electrons. The molecule has 4 N–H and O–H groups in total. The van der Waals surface area contributed by atoms with Crippen LogP contribution >= 0.6 is 0 Å². The van der Waals surface area contributed by atoms with Gasteiger partial charge in [0.25, 0.3) is 0 Å². The third-order valence-corrected chi connectivity index (χ3v) is 3.59. The van der Waals surface area contributed by atoms with Crippen molar-refractivity contribution in [3.05, 3.63) is 0 Å². The number of nitrogens with one attached hydrogen (secondary N) is 1. The fourth-order valence-corrected chi connectivity index (χ4v) is 2.28. The summed E-state index contributed by atoms with van der Waals surface area (Å²) in [5.41, 5.74) is 4.95. The van der Waals surface area contributed by atoms with Crippen LogP contribution < -0.4 is 11.1 Å². The zero-order valence-corrected chi connectivity index (χ0v) is 8.93. The standard InChI is InChI=1S/C10H22N2O/c1-8(6-11)10(13)4-5-12-7-9(10,2)3/h8,12-13H,4-7,11H2,1-3H3. The summed E-state index contributed by atoms with van der Waals surface area (Å²) >= 11 is 0. The first kappa shape index (κ1) is 11.0. The molecule has 2 unspecified atom stereocenters. The van der Waals surface area contributed by atoms with E-state index in [-0.39, 0.29) is 11.3 Å². The highest BCUT2D eigenvalue weighted by Crippen LogP contribution is 2.40. The van der Waals surface area contributed by atoms with E-state index in [0.717, 1.165) is 19.5 Å². The zero-order chi connectivity index (χ0) is 10.1. The first-order chi connectivity index (χ1) is 5.94. The Morgan fingerprint density at radius 1 is 1.54 bits per heavy atom. The van der Waals surface area contributed by atoms with Gasteiger partial charge in [-0.3, -0.25) is 0 Å². The van der Waals surface area contributed by atoms with Gasteiger partial charge in [-0.2, -0.15) is 0 Å². The van der Waals surface area contributed by atoms with Gasteiger partial charge in [0.05, 0.1) is 5.60 Å². The monoisotopic (exact) mass is 186 g/mol. The Labute approximate surface area is 80.7 Å². The van der Waals surface area contributed by atoms with Crippen molar-refractivity contribution in [1.29, 1.82) is 0 Å². The highest BCUT2D eigenvalue weighted by Gasteiger charge is 2.48. The van der Waals surface area contributed by atoms with Gasteiger partial charge in [-0.15, -0.1) is 0 Å². The molecule has 1 rings (SSSR count). The van der Waals surface area contributed by atoms with Gasteiger partial charge >= 0.3 is 0 Å². The Morgan fingerprint density at radius 2 is 2.15 bits per heavy atom. The first-order valence-electron chi connectivity index (χ1n) is 5.07. The second kappa shape index (κ2) is 3.56. The van der Waals surface area contributed by atoms with Crippen molar-refractivity contribution < 1.29 is 5.11 Å². The summed E-state index contributed by atoms with van der Waals surface area (Å²) in [6.45, 7) is 8.56. The smallest absolute Gasteiger partial charge is 0.0759 e. The number of hydrogen-bond acceptors (Lipinski definition) is 3. The van der Waals surface area contributed by atoms with Crippen LogP contribution in [0.3, 0.4) is 0 Å². The van der Waals surface area contributed by atoms with Crippen molar-refractivity contribution >= 4 is 0 Å². The van der Waals surface area contributed by atoms with Crippen molar-refractivity contribution in [1.82, 2.24) is 5.32 Å². The Morgan fingerprint density at radius 3 is 2.62 bits per heavy atom. The SMILES string of the molecule is CC(CN)C1(O)CCNCC1(C)C. The second-order valence-corrected chi connectivity index (χ2v) is 4.87. The van der Waals surface area contributed by atoms with Crippen molar-refractivity contribution in [2.45, 2.75) is 32.8 Å². The number of nitrogens with two attached hydrogens (primary N) is 1. The summed E-state index contributed by atoms with van der Waals surface area (Å²) in [6, 6.07) is 0. The lowest BCUT2D eigenvalue weighted by atomic mass is 9.64. The van der Waals surface area contributed by atoms with E-state index in [0.29, 0.717) is 6.54 Å². The predicted molar refractivity (Wildman–Crippen MR) is 54.4 cm³/mol. The van der Waals surface area contributed by atoms with Crippen molar-refractivity contribution in [3.8, 4) is 0 Å². The summed E-state index contributed by atoms with van der Waals surface area (Å²) in [5, 5.41) is 13.9. The fourth-order valence-electron chi connectivity index (χ4n) is 2.28. The molecule has 1 heterocycles. The molecule has 1 saturated heterocycles. The molecular weight excluding hydrogens is 164 g/mol. The molecule has 78 valence electrons. The zero-order valence-electron chi connectivity index (χ0n) is 8.93. The molecule has 3 nitrogen and oxygen atoms in total. The van der Waals surface area contributed by atoms with Crippen LogP contribution in [-0.4, -0.2) is 30.3 Å². The third kappa shape index (κ3) is 1.73. The maximum Gasteiger partial charge on any atom is 0.0759 e. The van der Waals surface area contributed by atoms with E-state index in [4.69, 9.17) is 5.73 Å². The molecule has 0 saturated carbocycles. The number of rotatable bonds is 2. The van der Waals surface area contributed by atoms with Gasteiger partial charge in [0.15, 0.2) is 0 Å². The summed E-state index contributed by atoms with van der Waals surface area (Å²) < 4.78 is 0. The van der Waals surface area contributed by atoms with Crippen LogP contribution in [-0.2, 0) is 0 Å². The Kier molecular flexibility index (Phi) is 3.00. The van der Waals surface area contributed by atoms with E-state index in [1.54, 1.807) is 0 Å². The molecule has 13 heavy (non-hydrogen) atoms. The van der Waals surface area contributed by atoms with E-state index < -0.39 is 5.60 Å². The third-order valence-electron chi connectivity index (χ3n) is 3.59. The molecule has 1 aliphatic rings. The molecular formula is C10H22N2O. The van der Waals surface area contributed by atoms with E-state index in [1.165, 1.54) is 0 Å². The van der Waals surface area contributed by atoms with Gasteiger partial charge < -0.3 is 16.2 Å². The van der Waals surface area contributed by atoms with E-state index >= 15 is 0 Å². The van der Waals surface area contributed by atoms with Gasteiger partial charge in [0.1, 0.15) is 0 Å². The van der Waals surface area contributed by atoms with Gasteiger partial charge in [-0.05, 0) is 25.4 Å². The number of piperidine rings is 1. The van der Waals surface area contributed by atoms with Gasteiger partial charge in [0, 0.05) is 12.0 Å². The molecule has 3 heteroatoms. The molecule has 0 aromatic heterocycles. The molecule has 0 aliphatic carbocycles. The van der Waals surface area contributed by atoms with Gasteiger partial charge in [-0.1, -0.05) is 20.8 Å². The summed E-state index contributed by atoms with van der Waals surface area (Å²) in [5.74, 6) is 0.171. The van der Waals surface area contributed by atoms with Crippen molar-refractivity contribution in [2.75, 3.05) is 19.6 Å². The van der Waals surface area contributed by atoms with Gasteiger partial charge in [-0.25, -0.2) is 0 Å². The Balaban J connectivity index is 2.83. The van der Waals surface area contributed by atoms with Crippen LogP contribution in [0.4, 0.5) is 0 Å². The average Bonchev–Trinajstić information content (AvgIpc) is 2.08. The van der Waals surface area contributed by atoms with Crippen molar-refractivity contribution in [2.24, 2.45) is 17.1 Å². The molecule has 0 amide bonds. The first-order valence-corrected chi connectivity index (χ1v) is 5.07. The van der Waals surface area contributed by atoms with Crippen LogP contribution in [0.25, 0.3) is 0 Å². The minimum absolute atomic E-state index is 0.0793. The van der Waals surface area contributed by atoms with Crippen LogP contribution in [0.2, 0.25) is 0 Å². The molecule has 0 aromatic rings. The van der Waals surface area contributed by atoms with Crippen molar-refractivity contribution in [3.63, 3.8) is 0 Å². The predicted octanol–water partition coefficient (Wildman–Crippen LogP) is 0.332. The Hall–Kier alpha value is -0.120. The molecule has 0 bridgehead atoms. The molecule has 0 aromatic carbocycles. The lowest BCUT2D eigenvalue weighted by Gasteiger charge is -2.50. The average molecular weight is 186 g/mol. The lowest BCUT2D eigenvalue weighted by molar-refractivity contribution is -0.123. The molecule has 1 aliphatic heterocycles. The summed E-state index contributed by atoms with van der Waals surface area (Å²) in [4.78, 5) is 0. The Bertz CT molecular complexity index is 182. The van der Waals surface area contributed by atoms with Gasteiger partial charge in [0.2, 0.25) is 0 Å². The topological polar surface area (TPSA) is 58.3 Å². The van der Waals surface area contributed by atoms with Crippen LogP contribution in [0.5, 0.6) is 0 Å². The van der Waals surface area contributed by atoms with E-state index in [2.05, 4.69) is 19.2 Å². The van der Waals surface area contributed by atoms with E-state index in [9.17, 15) is 5.11 Å². The van der Waals surface area contributed by atoms with E-state index in [1.807, 2.05) is 6.92 Å². The maximum atomic E-state index is 10.5. The highest BCUT2D eigenvalue weighted by atomic mass is 16.3.